The van der Waals surface area contributed by atoms with E-state index in [1.54, 1.807) is 4.31 Å². The first-order chi connectivity index (χ1) is 8.17. The first-order valence-electron chi connectivity index (χ1n) is 6.43. The van der Waals surface area contributed by atoms with Crippen molar-refractivity contribution in [1.82, 2.24) is 9.62 Å². The topological polar surface area (TPSA) is 58.6 Å². The van der Waals surface area contributed by atoms with Crippen LogP contribution in [0.5, 0.6) is 0 Å². The van der Waals surface area contributed by atoms with Crippen molar-refractivity contribution >= 4 is 10.0 Å². The first kappa shape index (κ1) is 14.9. The number of rotatable bonds is 7. The van der Waals surface area contributed by atoms with Gasteiger partial charge in [0.05, 0.1) is 12.4 Å². The van der Waals surface area contributed by atoms with Gasteiger partial charge in [0.15, 0.2) is 0 Å². The fourth-order valence-electron chi connectivity index (χ4n) is 1.84. The zero-order chi connectivity index (χ0) is 12.6. The Labute approximate surface area is 105 Å². The van der Waals surface area contributed by atoms with Crippen molar-refractivity contribution < 1.29 is 13.2 Å². The van der Waals surface area contributed by atoms with Crippen LogP contribution in [0.3, 0.4) is 0 Å². The summed E-state index contributed by atoms with van der Waals surface area (Å²) in [7, 11) is -3.07. The van der Waals surface area contributed by atoms with E-state index in [0.717, 1.165) is 32.4 Å². The normalized spacial score (nSPS) is 19.1. The summed E-state index contributed by atoms with van der Waals surface area (Å²) in [4.78, 5) is 0. The van der Waals surface area contributed by atoms with Gasteiger partial charge >= 0.3 is 0 Å². The molecule has 0 radical (unpaired) electrons. The highest BCUT2D eigenvalue weighted by Gasteiger charge is 2.22. The molecule has 17 heavy (non-hydrogen) atoms. The number of hydrogen-bond donors (Lipinski definition) is 1. The van der Waals surface area contributed by atoms with Crippen LogP contribution in [0.4, 0.5) is 0 Å². The molecule has 0 aromatic rings. The van der Waals surface area contributed by atoms with Gasteiger partial charge in [0.1, 0.15) is 0 Å². The highest BCUT2D eigenvalue weighted by molar-refractivity contribution is 7.89. The molecule has 1 N–H and O–H groups in total. The van der Waals surface area contributed by atoms with E-state index >= 15 is 0 Å². The Morgan fingerprint density at radius 2 is 2.06 bits per heavy atom. The van der Waals surface area contributed by atoms with Crippen LogP contribution < -0.4 is 5.32 Å². The average molecular weight is 264 g/mol. The summed E-state index contributed by atoms with van der Waals surface area (Å²) in [5, 5.41) is 3.20. The van der Waals surface area contributed by atoms with Crippen LogP contribution >= 0.6 is 0 Å². The van der Waals surface area contributed by atoms with Gasteiger partial charge in [-0.2, -0.15) is 4.31 Å². The van der Waals surface area contributed by atoms with E-state index in [2.05, 4.69) is 5.32 Å². The van der Waals surface area contributed by atoms with Crippen molar-refractivity contribution in [3.63, 3.8) is 0 Å². The number of sulfonamides is 1. The lowest BCUT2D eigenvalue weighted by Gasteiger charge is -2.19. The molecular weight excluding hydrogens is 240 g/mol. The molecule has 1 heterocycles. The van der Waals surface area contributed by atoms with Crippen molar-refractivity contribution in [1.29, 1.82) is 0 Å². The van der Waals surface area contributed by atoms with Crippen molar-refractivity contribution in [2.45, 2.75) is 26.2 Å². The molecule has 0 aromatic carbocycles. The first-order valence-corrected chi connectivity index (χ1v) is 8.04. The predicted molar refractivity (Wildman–Crippen MR) is 68.6 cm³/mol. The van der Waals surface area contributed by atoms with Crippen molar-refractivity contribution in [3.05, 3.63) is 0 Å². The number of unbranched alkanes of at least 4 members (excludes halogenated alkanes) is 1. The molecule has 0 unspecified atom stereocenters. The Kier molecular flexibility index (Phi) is 7.03. The maximum absolute atomic E-state index is 12.0. The van der Waals surface area contributed by atoms with E-state index in [0.29, 0.717) is 26.3 Å². The summed E-state index contributed by atoms with van der Waals surface area (Å²) in [5.74, 6) is 0.262. The third-order valence-corrected chi connectivity index (χ3v) is 4.79. The van der Waals surface area contributed by atoms with Crippen molar-refractivity contribution in [3.8, 4) is 0 Å². The van der Waals surface area contributed by atoms with Crippen LogP contribution in [-0.4, -0.2) is 57.9 Å². The number of nitrogens with zero attached hydrogens (tertiary/aromatic N) is 1. The SMILES string of the molecule is CCNCCCCS(=O)(=O)N1CCCOCC1. The highest BCUT2D eigenvalue weighted by atomic mass is 32.2. The van der Waals surface area contributed by atoms with E-state index in [1.807, 2.05) is 6.92 Å². The molecule has 1 fully saturated rings. The summed E-state index contributed by atoms with van der Waals surface area (Å²) in [6.45, 7) is 6.20. The lowest BCUT2D eigenvalue weighted by atomic mass is 10.3. The minimum absolute atomic E-state index is 0.262. The molecule has 1 saturated heterocycles. The molecule has 0 bridgehead atoms. The summed E-state index contributed by atoms with van der Waals surface area (Å²) in [6, 6.07) is 0. The maximum Gasteiger partial charge on any atom is 0.214 e. The van der Waals surface area contributed by atoms with E-state index in [9.17, 15) is 8.42 Å². The molecule has 1 aliphatic heterocycles. The predicted octanol–water partition coefficient (Wildman–Crippen LogP) is 0.428. The van der Waals surface area contributed by atoms with Gasteiger partial charge in [0.25, 0.3) is 0 Å². The Bertz CT molecular complexity index is 285. The molecule has 0 aromatic heterocycles. The van der Waals surface area contributed by atoms with Gasteiger partial charge < -0.3 is 10.1 Å². The monoisotopic (exact) mass is 264 g/mol. The molecule has 0 saturated carbocycles. The zero-order valence-electron chi connectivity index (χ0n) is 10.7. The van der Waals surface area contributed by atoms with E-state index in [4.69, 9.17) is 4.74 Å². The smallest absolute Gasteiger partial charge is 0.214 e. The minimum atomic E-state index is -3.07. The van der Waals surface area contributed by atoms with Crippen LogP contribution in [0.1, 0.15) is 26.2 Å². The van der Waals surface area contributed by atoms with Crippen LogP contribution in [0.15, 0.2) is 0 Å². The zero-order valence-corrected chi connectivity index (χ0v) is 11.5. The second kappa shape index (κ2) is 8.02. The molecule has 1 aliphatic rings. The molecule has 0 amide bonds. The van der Waals surface area contributed by atoms with Gasteiger partial charge in [-0.1, -0.05) is 6.92 Å². The quantitative estimate of drug-likeness (QED) is 0.677. The van der Waals surface area contributed by atoms with Crippen molar-refractivity contribution in [2.24, 2.45) is 0 Å². The minimum Gasteiger partial charge on any atom is -0.380 e. The molecule has 5 nitrogen and oxygen atoms in total. The Morgan fingerprint density at radius 1 is 1.24 bits per heavy atom. The van der Waals surface area contributed by atoms with Crippen LogP contribution in [0, 0.1) is 0 Å². The average Bonchev–Trinajstić information content (AvgIpc) is 2.57. The third kappa shape index (κ3) is 5.81. The van der Waals surface area contributed by atoms with Crippen LogP contribution in [-0.2, 0) is 14.8 Å². The molecule has 0 atom stereocenters. The standard InChI is InChI=1S/C11H24N2O3S/c1-2-12-6-3-4-11-17(14,15)13-7-5-9-16-10-8-13/h12H,2-11H2,1H3. The molecule has 6 heteroatoms. The summed E-state index contributed by atoms with van der Waals surface area (Å²) in [5.41, 5.74) is 0. The van der Waals surface area contributed by atoms with Crippen LogP contribution in [0.25, 0.3) is 0 Å². The molecule has 0 aliphatic carbocycles. The van der Waals surface area contributed by atoms with Crippen molar-refractivity contribution in [2.75, 3.05) is 45.1 Å². The van der Waals surface area contributed by atoms with Gasteiger partial charge in [-0.05, 0) is 32.4 Å². The van der Waals surface area contributed by atoms with Gasteiger partial charge in [0, 0.05) is 19.7 Å². The van der Waals surface area contributed by atoms with E-state index in [-0.39, 0.29) is 5.75 Å². The summed E-state index contributed by atoms with van der Waals surface area (Å²) in [6.07, 6.45) is 2.45. The maximum atomic E-state index is 12.0. The van der Waals surface area contributed by atoms with E-state index in [1.165, 1.54) is 0 Å². The summed E-state index contributed by atoms with van der Waals surface area (Å²) >= 11 is 0. The van der Waals surface area contributed by atoms with Crippen LogP contribution in [0.2, 0.25) is 0 Å². The fourth-order valence-corrected chi connectivity index (χ4v) is 3.43. The lowest BCUT2D eigenvalue weighted by molar-refractivity contribution is 0.148. The number of nitrogens with one attached hydrogen (secondary N) is 1. The third-order valence-electron chi connectivity index (χ3n) is 2.83. The molecule has 1 rings (SSSR count). The highest BCUT2D eigenvalue weighted by Crippen LogP contribution is 2.08. The Morgan fingerprint density at radius 3 is 2.82 bits per heavy atom. The fraction of sp³-hybridized carbons (Fsp3) is 1.00. The second-order valence-electron chi connectivity index (χ2n) is 4.24. The van der Waals surface area contributed by atoms with Gasteiger partial charge in [0.2, 0.25) is 10.0 Å². The molecular formula is C11H24N2O3S. The van der Waals surface area contributed by atoms with Gasteiger partial charge in [-0.3, -0.25) is 0 Å². The lowest BCUT2D eigenvalue weighted by Crippen LogP contribution is -2.35. The molecule has 102 valence electrons. The van der Waals surface area contributed by atoms with E-state index < -0.39 is 10.0 Å². The number of ether oxygens (including phenoxy) is 1. The Balaban J connectivity index is 2.28. The number of hydrogen-bond acceptors (Lipinski definition) is 4. The molecule has 0 spiro atoms. The second-order valence-corrected chi connectivity index (χ2v) is 6.33. The largest absolute Gasteiger partial charge is 0.380 e. The van der Waals surface area contributed by atoms with Gasteiger partial charge in [-0.25, -0.2) is 8.42 Å². The summed E-state index contributed by atoms with van der Waals surface area (Å²) < 4.78 is 30.9. The van der Waals surface area contributed by atoms with Gasteiger partial charge in [-0.15, -0.1) is 0 Å². The Hall–Kier alpha value is -0.170.